The van der Waals surface area contributed by atoms with Gasteiger partial charge in [-0.2, -0.15) is 0 Å². The highest BCUT2D eigenvalue weighted by Crippen LogP contribution is 2.32. The van der Waals surface area contributed by atoms with Gasteiger partial charge in [-0.05, 0) is 36.3 Å². The fourth-order valence-corrected chi connectivity index (χ4v) is 28.7. The zero-order valence-electron chi connectivity index (χ0n) is 30.0. The van der Waals surface area contributed by atoms with Crippen LogP contribution in [0, 0.1) is 0 Å². The number of rotatable bonds is 15. The fourth-order valence-electron chi connectivity index (χ4n) is 8.03. The Hall–Kier alpha value is -3.85. The maximum Gasteiger partial charge on any atom is 0.187 e. The molecule has 0 spiro atoms. The van der Waals surface area contributed by atoms with Gasteiger partial charge in [0.25, 0.3) is 0 Å². The van der Waals surface area contributed by atoms with Crippen molar-refractivity contribution in [2.75, 3.05) is 0 Å². The maximum atomic E-state index is 13.4. The van der Waals surface area contributed by atoms with Crippen LogP contribution in [-0.4, -0.2) is 37.3 Å². The summed E-state index contributed by atoms with van der Waals surface area (Å²) < 4.78 is 0. The lowest BCUT2D eigenvalue weighted by atomic mass is 10.4. The Labute approximate surface area is 304 Å². The second-order valence-electron chi connectivity index (χ2n) is 14.9. The average Bonchev–Trinajstić information content (AvgIpc) is 3.20. The van der Waals surface area contributed by atoms with E-state index in [9.17, 15) is 4.80 Å². The molecule has 0 amide bonds. The zero-order chi connectivity index (χ0) is 34.9. The lowest BCUT2D eigenvalue weighted by Gasteiger charge is -2.38. The molecule has 0 aliphatic heterocycles. The van der Waals surface area contributed by atoms with Gasteiger partial charge in [0.15, 0.2) is 8.32 Å². The van der Waals surface area contributed by atoms with Crippen LogP contribution < -0.4 is 31.1 Å². The van der Waals surface area contributed by atoms with Crippen molar-refractivity contribution in [3.63, 3.8) is 0 Å². The third-order valence-corrected chi connectivity index (χ3v) is 30.2. The third-order valence-electron chi connectivity index (χ3n) is 11.7. The summed E-state index contributed by atoms with van der Waals surface area (Å²) in [6.07, 6.45) is 0. The Morgan fingerprint density at radius 3 is 0.600 bits per heavy atom. The van der Waals surface area contributed by atoms with E-state index in [4.69, 9.17) is 0 Å². The van der Waals surface area contributed by atoms with Gasteiger partial charge in [-0.25, -0.2) is 0 Å². The molecule has 50 heavy (non-hydrogen) atoms. The van der Waals surface area contributed by atoms with Crippen LogP contribution in [0.5, 0.6) is 0 Å². The van der Waals surface area contributed by atoms with Crippen LogP contribution in [0.25, 0.3) is 0 Å². The van der Waals surface area contributed by atoms with Gasteiger partial charge in [-0.3, -0.25) is 0 Å². The highest BCUT2D eigenvalue weighted by atomic mass is 28.4. The van der Waals surface area contributed by atoms with E-state index in [-0.39, 0.29) is 0 Å². The number of hydrogen-bond acceptors (Lipinski definition) is 1. The van der Waals surface area contributed by atoms with Crippen LogP contribution in [0.15, 0.2) is 182 Å². The van der Waals surface area contributed by atoms with Crippen LogP contribution in [0.1, 0.15) is 0 Å². The molecule has 0 heterocycles. The van der Waals surface area contributed by atoms with Gasteiger partial charge in [-0.15, -0.1) is 0 Å². The van der Waals surface area contributed by atoms with Gasteiger partial charge in [0.05, 0.1) is 0 Å². The normalized spacial score (nSPS) is 12.5. The molecule has 0 aliphatic carbocycles. The highest BCUT2D eigenvalue weighted by molar-refractivity contribution is 7.04. The average molecular weight is 721 g/mol. The van der Waals surface area contributed by atoms with E-state index >= 15 is 0 Å². The van der Waals surface area contributed by atoms with Crippen molar-refractivity contribution in [2.45, 2.75) is 55.9 Å². The summed E-state index contributed by atoms with van der Waals surface area (Å²) in [6.45, 7) is 7.60. The molecule has 6 rings (SSSR count). The monoisotopic (exact) mass is 720 g/mol. The Kier molecular flexibility index (Phi) is 11.5. The number of benzene rings is 6. The van der Waals surface area contributed by atoms with E-state index in [0.717, 1.165) is 36.3 Å². The standard InChI is InChI=1S/C45H52OSi4/c1-47(40-22-10-4-11-23-40,41-24-12-5-13-25-41)34-37-50(46,38-35-48(2,42-26-14-6-15-27-42)43-28-16-7-17-29-43)39-36-49(3,44-30-18-8-19-31-44)45-32-20-9-21-33-45/h4-33,46H,34-39H2,1-3H3. The number of hydrogen-bond donors (Lipinski definition) is 1. The first-order valence-corrected chi connectivity index (χ1v) is 29.0. The minimum Gasteiger partial charge on any atom is -0.432 e. The van der Waals surface area contributed by atoms with Gasteiger partial charge in [0.1, 0.15) is 24.2 Å². The Morgan fingerprint density at radius 1 is 0.280 bits per heavy atom. The van der Waals surface area contributed by atoms with Crippen molar-refractivity contribution >= 4 is 63.7 Å². The molecule has 0 unspecified atom stereocenters. The summed E-state index contributed by atoms with van der Waals surface area (Å²) in [4.78, 5) is 13.4. The van der Waals surface area contributed by atoms with Crippen LogP contribution in [0.3, 0.4) is 0 Å². The molecule has 6 aromatic carbocycles. The minimum absolute atomic E-state index is 0.932. The van der Waals surface area contributed by atoms with Crippen LogP contribution in [0.4, 0.5) is 0 Å². The van der Waals surface area contributed by atoms with Gasteiger partial charge in [0.2, 0.25) is 0 Å². The van der Waals surface area contributed by atoms with Crippen molar-refractivity contribution in [2.24, 2.45) is 0 Å². The van der Waals surface area contributed by atoms with Crippen molar-refractivity contribution in [1.82, 2.24) is 0 Å². The van der Waals surface area contributed by atoms with Gasteiger partial charge in [0, 0.05) is 0 Å². The molecule has 0 aliphatic rings. The third kappa shape index (κ3) is 8.03. The first-order valence-electron chi connectivity index (χ1n) is 18.3. The van der Waals surface area contributed by atoms with Crippen LogP contribution in [0.2, 0.25) is 55.9 Å². The predicted molar refractivity (Wildman–Crippen MR) is 228 cm³/mol. The minimum atomic E-state index is -2.77. The van der Waals surface area contributed by atoms with Crippen molar-refractivity contribution < 1.29 is 4.80 Å². The fraction of sp³-hybridized carbons (Fsp3) is 0.200. The molecule has 6 aromatic rings. The van der Waals surface area contributed by atoms with E-state index in [2.05, 4.69) is 202 Å². The topological polar surface area (TPSA) is 20.2 Å². The van der Waals surface area contributed by atoms with Crippen LogP contribution >= 0.6 is 0 Å². The molecule has 0 fully saturated rings. The summed E-state index contributed by atoms with van der Waals surface area (Å²) in [5.41, 5.74) is 0. The first kappa shape index (κ1) is 36.0. The molecule has 254 valence electrons. The van der Waals surface area contributed by atoms with E-state index in [1.54, 1.807) is 0 Å². The van der Waals surface area contributed by atoms with Crippen LogP contribution in [-0.2, 0) is 0 Å². The summed E-state index contributed by atoms with van der Waals surface area (Å²) in [5, 5.41) is 8.77. The summed E-state index contributed by atoms with van der Waals surface area (Å²) in [6, 6.07) is 73.2. The predicted octanol–water partition coefficient (Wildman–Crippen LogP) is 7.60. The molecule has 5 heteroatoms. The summed E-state index contributed by atoms with van der Waals surface area (Å²) in [5.74, 6) is 0. The Morgan fingerprint density at radius 2 is 0.440 bits per heavy atom. The van der Waals surface area contributed by atoms with Gasteiger partial charge >= 0.3 is 0 Å². The molecule has 0 radical (unpaired) electrons. The largest absolute Gasteiger partial charge is 0.432 e. The van der Waals surface area contributed by atoms with E-state index < -0.39 is 32.5 Å². The van der Waals surface area contributed by atoms with Crippen molar-refractivity contribution in [3.8, 4) is 0 Å². The highest BCUT2D eigenvalue weighted by Gasteiger charge is 2.43. The Balaban J connectivity index is 1.38. The molecule has 0 saturated carbocycles. The molecule has 0 aromatic heterocycles. The SMILES string of the molecule is C[Si](CC[Si](O)(CC[Si](C)(c1ccccc1)c1ccccc1)CC[Si](C)(c1ccccc1)c1ccccc1)(c1ccccc1)c1ccccc1. The molecule has 1 N–H and O–H groups in total. The molecule has 0 bridgehead atoms. The van der Waals surface area contributed by atoms with Crippen molar-refractivity contribution in [3.05, 3.63) is 182 Å². The smallest absolute Gasteiger partial charge is 0.187 e. The van der Waals surface area contributed by atoms with E-state index in [1.807, 2.05) is 0 Å². The zero-order valence-corrected chi connectivity index (χ0v) is 34.0. The molecule has 1 nitrogen and oxygen atoms in total. The second-order valence-corrected chi connectivity index (χ2v) is 31.8. The van der Waals surface area contributed by atoms with Crippen molar-refractivity contribution in [1.29, 1.82) is 0 Å². The lowest BCUT2D eigenvalue weighted by molar-refractivity contribution is 0.530. The Bertz CT molecular complexity index is 1540. The van der Waals surface area contributed by atoms with Gasteiger partial charge in [-0.1, -0.05) is 233 Å². The second kappa shape index (κ2) is 16.0. The van der Waals surface area contributed by atoms with E-state index in [0.29, 0.717) is 0 Å². The molecule has 0 atom stereocenters. The maximum absolute atomic E-state index is 13.4. The molecular weight excluding hydrogens is 669 g/mol. The lowest BCUT2D eigenvalue weighted by Crippen LogP contribution is -2.59. The quantitative estimate of drug-likeness (QED) is 0.108. The van der Waals surface area contributed by atoms with E-state index in [1.165, 1.54) is 31.1 Å². The molecule has 0 saturated heterocycles. The summed E-state index contributed by atoms with van der Waals surface area (Å²) >= 11 is 0. The molecular formula is C45H52OSi4. The first-order chi connectivity index (χ1) is 24.3. The summed E-state index contributed by atoms with van der Waals surface area (Å²) in [7, 11) is -9.13. The van der Waals surface area contributed by atoms with Gasteiger partial charge < -0.3 is 4.80 Å².